The van der Waals surface area contributed by atoms with Gasteiger partial charge >= 0.3 is 0 Å². The molecule has 0 bridgehead atoms. The van der Waals surface area contributed by atoms with Crippen LogP contribution in [0.15, 0.2) is 41.3 Å². The molecule has 1 aromatic heterocycles. The molecule has 0 saturated carbocycles. The van der Waals surface area contributed by atoms with Crippen molar-refractivity contribution in [1.29, 1.82) is 0 Å². The average Bonchev–Trinajstić information content (AvgIpc) is 2.50. The minimum atomic E-state index is -0.802. The highest BCUT2D eigenvalue weighted by atomic mass is 35.5. The van der Waals surface area contributed by atoms with E-state index in [1.165, 1.54) is 35.0 Å². The van der Waals surface area contributed by atoms with E-state index in [0.29, 0.717) is 5.56 Å². The number of halogens is 2. The summed E-state index contributed by atoms with van der Waals surface area (Å²) in [6, 6.07) is 5.87. The lowest BCUT2D eigenvalue weighted by Gasteiger charge is -2.17. The van der Waals surface area contributed by atoms with Gasteiger partial charge in [-0.2, -0.15) is 0 Å². The molecule has 2 N–H and O–H groups in total. The first-order valence-corrected chi connectivity index (χ1v) is 6.83. The number of hydrogen-bond acceptors (Lipinski definition) is 3. The molecule has 5 nitrogen and oxygen atoms in total. The van der Waals surface area contributed by atoms with Crippen LogP contribution in [-0.2, 0) is 7.05 Å². The molecule has 1 heterocycles. The van der Waals surface area contributed by atoms with E-state index in [4.69, 9.17) is 11.6 Å². The summed E-state index contributed by atoms with van der Waals surface area (Å²) in [6.45, 7) is -0.419. The topological polar surface area (TPSA) is 71.3 Å². The SMILES string of the molecule is Cn1ccc(C(=O)NC(CO)c2ccc(Cl)c(F)c2)cc1=O. The molecule has 2 rings (SSSR count). The van der Waals surface area contributed by atoms with Gasteiger partial charge in [-0.3, -0.25) is 9.59 Å². The van der Waals surface area contributed by atoms with E-state index in [1.54, 1.807) is 7.05 Å². The van der Waals surface area contributed by atoms with Gasteiger partial charge in [-0.05, 0) is 23.8 Å². The second-order valence-electron chi connectivity index (χ2n) is 4.75. The molecule has 0 aliphatic heterocycles. The van der Waals surface area contributed by atoms with Crippen molar-refractivity contribution in [3.63, 3.8) is 0 Å². The lowest BCUT2D eigenvalue weighted by atomic mass is 10.1. The number of carbonyl (C=O) groups excluding carboxylic acids is 1. The lowest BCUT2D eigenvalue weighted by Crippen LogP contribution is -2.32. The Hall–Kier alpha value is -2.18. The zero-order valence-corrected chi connectivity index (χ0v) is 12.5. The van der Waals surface area contributed by atoms with Crippen LogP contribution in [0.4, 0.5) is 4.39 Å². The number of aromatic nitrogens is 1. The molecule has 0 fully saturated rings. The van der Waals surface area contributed by atoms with Gasteiger partial charge in [0.25, 0.3) is 11.5 Å². The maximum Gasteiger partial charge on any atom is 0.252 e. The summed E-state index contributed by atoms with van der Waals surface area (Å²) in [5, 5.41) is 11.9. The Morgan fingerprint density at radius 1 is 1.41 bits per heavy atom. The zero-order valence-electron chi connectivity index (χ0n) is 11.7. The van der Waals surface area contributed by atoms with E-state index in [0.717, 1.165) is 6.07 Å². The Labute approximate surface area is 131 Å². The van der Waals surface area contributed by atoms with E-state index in [-0.39, 0.29) is 16.1 Å². The fraction of sp³-hybridized carbons (Fsp3) is 0.200. The molecular weight excluding hydrogens is 311 g/mol. The van der Waals surface area contributed by atoms with Crippen molar-refractivity contribution in [3.05, 3.63) is 68.8 Å². The van der Waals surface area contributed by atoms with Crippen LogP contribution in [0.25, 0.3) is 0 Å². The number of amides is 1. The fourth-order valence-corrected chi connectivity index (χ4v) is 2.01. The minimum Gasteiger partial charge on any atom is -0.394 e. The predicted octanol–water partition coefficient (Wildman–Crippen LogP) is 1.64. The van der Waals surface area contributed by atoms with Crippen LogP contribution < -0.4 is 10.9 Å². The van der Waals surface area contributed by atoms with Gasteiger partial charge in [-0.25, -0.2) is 4.39 Å². The summed E-state index contributed by atoms with van der Waals surface area (Å²) in [7, 11) is 1.57. The average molecular weight is 325 g/mol. The van der Waals surface area contributed by atoms with Crippen LogP contribution in [0.3, 0.4) is 0 Å². The molecule has 0 aliphatic rings. The zero-order chi connectivity index (χ0) is 16.3. The number of hydrogen-bond donors (Lipinski definition) is 2. The summed E-state index contributed by atoms with van der Waals surface area (Å²) >= 11 is 5.60. The maximum atomic E-state index is 13.5. The fourth-order valence-electron chi connectivity index (χ4n) is 1.89. The standard InChI is InChI=1S/C15H14ClFN2O3/c1-19-5-4-10(7-14(19)21)15(22)18-13(8-20)9-2-3-11(16)12(17)6-9/h2-7,13,20H,8H2,1H3,(H,18,22). The van der Waals surface area contributed by atoms with Gasteiger partial charge in [0.15, 0.2) is 0 Å². The number of pyridine rings is 1. The Morgan fingerprint density at radius 3 is 2.73 bits per heavy atom. The molecule has 1 atom stereocenters. The number of benzene rings is 1. The normalized spacial score (nSPS) is 12.0. The Kier molecular flexibility index (Phi) is 4.95. The third kappa shape index (κ3) is 3.52. The quantitative estimate of drug-likeness (QED) is 0.898. The summed E-state index contributed by atoms with van der Waals surface area (Å²) in [4.78, 5) is 23.6. The highest BCUT2D eigenvalue weighted by Gasteiger charge is 2.16. The number of nitrogens with zero attached hydrogens (tertiary/aromatic N) is 1. The number of aryl methyl sites for hydroxylation is 1. The summed E-state index contributed by atoms with van der Waals surface area (Å²) < 4.78 is 14.8. The van der Waals surface area contributed by atoms with Gasteiger partial charge in [0, 0.05) is 24.9 Å². The maximum absolute atomic E-state index is 13.5. The van der Waals surface area contributed by atoms with Crippen molar-refractivity contribution >= 4 is 17.5 Å². The molecule has 0 spiro atoms. The first-order chi connectivity index (χ1) is 10.4. The van der Waals surface area contributed by atoms with Crippen molar-refractivity contribution < 1.29 is 14.3 Å². The van der Waals surface area contributed by atoms with E-state index in [9.17, 15) is 19.1 Å². The summed E-state index contributed by atoms with van der Waals surface area (Å²) in [6.07, 6.45) is 1.47. The van der Waals surface area contributed by atoms with E-state index in [2.05, 4.69) is 5.32 Å². The molecule has 1 amide bonds. The van der Waals surface area contributed by atoms with Gasteiger partial charge in [-0.1, -0.05) is 17.7 Å². The van der Waals surface area contributed by atoms with E-state index in [1.807, 2.05) is 0 Å². The van der Waals surface area contributed by atoms with Gasteiger partial charge in [0.05, 0.1) is 17.7 Å². The summed E-state index contributed by atoms with van der Waals surface area (Å²) in [5.41, 5.74) is 0.211. The number of nitrogens with one attached hydrogen (secondary N) is 1. The Morgan fingerprint density at radius 2 is 2.14 bits per heavy atom. The van der Waals surface area contributed by atoms with Crippen LogP contribution in [0.1, 0.15) is 22.0 Å². The van der Waals surface area contributed by atoms with Gasteiger partial charge in [-0.15, -0.1) is 0 Å². The summed E-state index contributed by atoms with van der Waals surface area (Å²) in [5.74, 6) is -1.17. The van der Waals surface area contributed by atoms with Crippen LogP contribution in [0, 0.1) is 5.82 Å². The molecule has 7 heteroatoms. The van der Waals surface area contributed by atoms with Gasteiger partial charge in [0.2, 0.25) is 0 Å². The van der Waals surface area contributed by atoms with Gasteiger partial charge in [0.1, 0.15) is 5.82 Å². The predicted molar refractivity (Wildman–Crippen MR) is 80.4 cm³/mol. The van der Waals surface area contributed by atoms with Crippen molar-refractivity contribution in [2.45, 2.75) is 6.04 Å². The molecule has 0 radical (unpaired) electrons. The molecule has 2 aromatic rings. The number of carbonyl (C=O) groups is 1. The lowest BCUT2D eigenvalue weighted by molar-refractivity contribution is 0.0915. The first kappa shape index (κ1) is 16.2. The first-order valence-electron chi connectivity index (χ1n) is 6.45. The highest BCUT2D eigenvalue weighted by molar-refractivity contribution is 6.30. The second-order valence-corrected chi connectivity index (χ2v) is 5.15. The number of rotatable bonds is 4. The number of aliphatic hydroxyl groups excluding tert-OH is 1. The van der Waals surface area contributed by atoms with Crippen LogP contribution in [0.5, 0.6) is 0 Å². The smallest absolute Gasteiger partial charge is 0.252 e. The molecular formula is C15H14ClFN2O3. The van der Waals surface area contributed by atoms with Gasteiger partial charge < -0.3 is 15.0 Å². The van der Waals surface area contributed by atoms with Crippen molar-refractivity contribution in [3.8, 4) is 0 Å². The van der Waals surface area contributed by atoms with Crippen molar-refractivity contribution in [1.82, 2.24) is 9.88 Å². The molecule has 1 aromatic carbocycles. The number of aliphatic hydroxyl groups is 1. The third-order valence-corrected chi connectivity index (χ3v) is 3.51. The second kappa shape index (κ2) is 6.72. The van der Waals surface area contributed by atoms with Crippen molar-refractivity contribution in [2.24, 2.45) is 7.05 Å². The van der Waals surface area contributed by atoms with Crippen LogP contribution >= 0.6 is 11.6 Å². The molecule has 0 aliphatic carbocycles. The third-order valence-electron chi connectivity index (χ3n) is 3.20. The Bertz CT molecular complexity index is 761. The van der Waals surface area contributed by atoms with E-state index >= 15 is 0 Å². The molecule has 116 valence electrons. The highest BCUT2D eigenvalue weighted by Crippen LogP contribution is 2.20. The van der Waals surface area contributed by atoms with Crippen LogP contribution in [-0.4, -0.2) is 22.2 Å². The van der Waals surface area contributed by atoms with E-state index < -0.39 is 24.4 Å². The monoisotopic (exact) mass is 324 g/mol. The molecule has 0 saturated heterocycles. The largest absolute Gasteiger partial charge is 0.394 e. The Balaban J connectivity index is 2.22. The van der Waals surface area contributed by atoms with Crippen molar-refractivity contribution in [2.75, 3.05) is 6.61 Å². The molecule has 1 unspecified atom stereocenters. The van der Waals surface area contributed by atoms with Crippen LogP contribution in [0.2, 0.25) is 5.02 Å². The molecule has 22 heavy (non-hydrogen) atoms. The minimum absolute atomic E-state index is 0.0432.